The van der Waals surface area contributed by atoms with Crippen LogP contribution in [0.15, 0.2) is 55.1 Å². The fourth-order valence-corrected chi connectivity index (χ4v) is 5.14. The van der Waals surface area contributed by atoms with E-state index in [0.29, 0.717) is 0 Å². The summed E-state index contributed by atoms with van der Waals surface area (Å²) in [5.41, 5.74) is 3.79. The second kappa shape index (κ2) is 7.25. The molecule has 0 unspecified atom stereocenters. The molecule has 0 bridgehead atoms. The molecule has 3 aromatic heterocycles. The Morgan fingerprint density at radius 3 is 2.72 bits per heavy atom. The summed E-state index contributed by atoms with van der Waals surface area (Å²) in [4.78, 5) is 4.53. The van der Waals surface area contributed by atoms with Crippen LogP contribution in [0, 0.1) is 11.3 Å². The lowest BCUT2D eigenvalue weighted by Crippen LogP contribution is -2.63. The van der Waals surface area contributed by atoms with Crippen LogP contribution >= 0.6 is 0 Å². The molecule has 5 rings (SSSR count). The highest BCUT2D eigenvalue weighted by Crippen LogP contribution is 2.36. The topological polar surface area (TPSA) is 110 Å². The van der Waals surface area contributed by atoms with E-state index < -0.39 is 15.6 Å². The molecule has 1 aliphatic heterocycles. The Morgan fingerprint density at radius 2 is 2.03 bits per heavy atom. The van der Waals surface area contributed by atoms with Crippen molar-refractivity contribution in [2.75, 3.05) is 19.3 Å². The summed E-state index contributed by atoms with van der Waals surface area (Å²) in [6, 6.07) is 12.1. The number of nitriles is 1. The fourth-order valence-electron chi connectivity index (χ4n) is 4.19. The number of hydrogen-bond acceptors (Lipinski definition) is 6. The molecular weight excluding hydrogens is 426 g/mol. The number of pyridine rings is 1. The van der Waals surface area contributed by atoms with Crippen molar-refractivity contribution >= 4 is 20.9 Å². The summed E-state index contributed by atoms with van der Waals surface area (Å²) in [5.74, 6) is 0. The van der Waals surface area contributed by atoms with Gasteiger partial charge in [-0.05, 0) is 29.8 Å². The predicted molar refractivity (Wildman–Crippen MR) is 120 cm³/mol. The van der Waals surface area contributed by atoms with Gasteiger partial charge < -0.3 is 0 Å². The maximum atomic E-state index is 11.9. The Labute approximate surface area is 185 Å². The van der Waals surface area contributed by atoms with E-state index in [2.05, 4.69) is 22.2 Å². The number of aryl methyl sites for hydroxylation is 1. The van der Waals surface area contributed by atoms with Crippen molar-refractivity contribution in [3.8, 4) is 28.5 Å². The molecule has 0 N–H and O–H groups in total. The van der Waals surface area contributed by atoms with E-state index in [4.69, 9.17) is 5.10 Å². The van der Waals surface area contributed by atoms with Gasteiger partial charge >= 0.3 is 0 Å². The molecule has 162 valence electrons. The lowest BCUT2D eigenvalue weighted by molar-refractivity contribution is 0.0726. The zero-order chi connectivity index (χ0) is 22.5. The fraction of sp³-hybridized carbons (Fsp3) is 0.273. The first-order valence-electron chi connectivity index (χ1n) is 10.1. The standard InChI is InChI=1S/C22H21N7O2S/c1-27-13-17(12-25-27)16-10-19(18-4-3-8-24-21(18)11-16)20-5-9-29(26-20)22(6-7-23)14-28(15-22)32(2,30)31/h3-5,8-13H,6,14-15H2,1-2H3. The van der Waals surface area contributed by atoms with Crippen LogP contribution < -0.4 is 0 Å². The van der Waals surface area contributed by atoms with Crippen molar-refractivity contribution < 1.29 is 8.42 Å². The molecule has 1 fully saturated rings. The third-order valence-electron chi connectivity index (χ3n) is 5.93. The lowest BCUT2D eigenvalue weighted by Gasteiger charge is -2.47. The van der Waals surface area contributed by atoms with Gasteiger partial charge in [-0.3, -0.25) is 14.3 Å². The third-order valence-corrected chi connectivity index (χ3v) is 7.12. The maximum absolute atomic E-state index is 11.9. The highest BCUT2D eigenvalue weighted by atomic mass is 32.2. The van der Waals surface area contributed by atoms with E-state index in [1.165, 1.54) is 10.6 Å². The van der Waals surface area contributed by atoms with Crippen LogP contribution in [-0.2, 0) is 22.6 Å². The van der Waals surface area contributed by atoms with Gasteiger partial charge in [-0.2, -0.15) is 19.8 Å². The van der Waals surface area contributed by atoms with Crippen LogP contribution in [-0.4, -0.2) is 56.6 Å². The van der Waals surface area contributed by atoms with Gasteiger partial charge in [-0.15, -0.1) is 0 Å². The van der Waals surface area contributed by atoms with Gasteiger partial charge in [-0.25, -0.2) is 8.42 Å². The van der Waals surface area contributed by atoms with E-state index in [1.807, 2.05) is 49.9 Å². The maximum Gasteiger partial charge on any atom is 0.211 e. The minimum Gasteiger partial charge on any atom is -0.275 e. The van der Waals surface area contributed by atoms with Crippen molar-refractivity contribution in [1.82, 2.24) is 28.9 Å². The molecule has 0 amide bonds. The first-order chi connectivity index (χ1) is 15.3. The number of rotatable bonds is 5. The van der Waals surface area contributed by atoms with E-state index in [0.717, 1.165) is 33.3 Å². The summed E-state index contributed by atoms with van der Waals surface area (Å²) in [6.45, 7) is 0.469. The number of hydrogen-bond donors (Lipinski definition) is 0. The van der Waals surface area contributed by atoms with Crippen LogP contribution in [0.5, 0.6) is 0 Å². The average molecular weight is 448 g/mol. The van der Waals surface area contributed by atoms with Crippen LogP contribution in [0.4, 0.5) is 0 Å². The SMILES string of the molecule is Cn1cc(-c2cc(-c3ccn(C4(CC#N)CN(S(C)(=O)=O)C4)n3)c3cccnc3c2)cn1. The second-order valence-corrected chi connectivity index (χ2v) is 10.2. The first kappa shape index (κ1) is 20.4. The normalized spacial score (nSPS) is 16.0. The van der Waals surface area contributed by atoms with Gasteiger partial charge in [0.15, 0.2) is 0 Å². The van der Waals surface area contributed by atoms with Gasteiger partial charge in [0.1, 0.15) is 5.54 Å². The molecule has 0 radical (unpaired) electrons. The van der Waals surface area contributed by atoms with Crippen molar-refractivity contribution in [2.24, 2.45) is 7.05 Å². The van der Waals surface area contributed by atoms with Gasteiger partial charge in [0.05, 0.1) is 36.2 Å². The Hall–Kier alpha value is -3.55. The summed E-state index contributed by atoms with van der Waals surface area (Å²) in [7, 11) is -1.43. The van der Waals surface area contributed by atoms with Crippen molar-refractivity contribution in [3.05, 3.63) is 55.1 Å². The van der Waals surface area contributed by atoms with E-state index in [1.54, 1.807) is 15.6 Å². The number of benzene rings is 1. The lowest BCUT2D eigenvalue weighted by atomic mass is 9.89. The Balaban J connectivity index is 1.59. The summed E-state index contributed by atoms with van der Waals surface area (Å²) in [5, 5.41) is 19.4. The molecule has 1 saturated heterocycles. The zero-order valence-corrected chi connectivity index (χ0v) is 18.5. The van der Waals surface area contributed by atoms with Crippen molar-refractivity contribution in [1.29, 1.82) is 5.26 Å². The molecule has 4 aromatic rings. The Bertz CT molecular complexity index is 1470. The summed E-state index contributed by atoms with van der Waals surface area (Å²) >= 11 is 0. The highest BCUT2D eigenvalue weighted by molar-refractivity contribution is 7.88. The summed E-state index contributed by atoms with van der Waals surface area (Å²) in [6.07, 6.45) is 8.70. The van der Waals surface area contributed by atoms with Gasteiger partial charge in [0, 0.05) is 55.2 Å². The number of aromatic nitrogens is 5. The van der Waals surface area contributed by atoms with Gasteiger partial charge in [0.2, 0.25) is 10.0 Å². The number of nitrogens with zero attached hydrogens (tertiary/aromatic N) is 7. The van der Waals surface area contributed by atoms with E-state index >= 15 is 0 Å². The highest BCUT2D eigenvalue weighted by Gasteiger charge is 2.49. The molecule has 9 nitrogen and oxygen atoms in total. The van der Waals surface area contributed by atoms with Crippen molar-refractivity contribution in [3.63, 3.8) is 0 Å². The van der Waals surface area contributed by atoms with Gasteiger partial charge in [0.25, 0.3) is 0 Å². The molecular formula is C22H21N7O2S. The molecule has 0 spiro atoms. The number of sulfonamides is 1. The second-order valence-electron chi connectivity index (χ2n) is 8.23. The zero-order valence-electron chi connectivity index (χ0n) is 17.7. The minimum atomic E-state index is -3.31. The molecule has 0 saturated carbocycles. The smallest absolute Gasteiger partial charge is 0.211 e. The minimum absolute atomic E-state index is 0.179. The molecule has 1 aliphatic rings. The van der Waals surface area contributed by atoms with Crippen LogP contribution in [0.2, 0.25) is 0 Å². The Morgan fingerprint density at radius 1 is 1.22 bits per heavy atom. The average Bonchev–Trinajstić information content (AvgIpc) is 3.38. The Kier molecular flexibility index (Phi) is 4.62. The van der Waals surface area contributed by atoms with Crippen molar-refractivity contribution in [2.45, 2.75) is 12.0 Å². The first-order valence-corrected chi connectivity index (χ1v) is 11.9. The molecule has 0 aliphatic carbocycles. The number of fused-ring (bicyclic) bond motifs is 1. The van der Waals surface area contributed by atoms with Crippen LogP contribution in [0.25, 0.3) is 33.3 Å². The van der Waals surface area contributed by atoms with E-state index in [9.17, 15) is 13.7 Å². The predicted octanol–water partition coefficient (Wildman–Crippen LogP) is 2.38. The molecule has 4 heterocycles. The van der Waals surface area contributed by atoms with Gasteiger partial charge in [-0.1, -0.05) is 6.07 Å². The molecule has 32 heavy (non-hydrogen) atoms. The van der Waals surface area contributed by atoms with Crippen LogP contribution in [0.1, 0.15) is 6.42 Å². The monoisotopic (exact) mass is 447 g/mol. The largest absolute Gasteiger partial charge is 0.275 e. The molecule has 10 heteroatoms. The molecule has 0 atom stereocenters. The quantitative estimate of drug-likeness (QED) is 0.465. The molecule has 1 aromatic carbocycles. The third kappa shape index (κ3) is 3.36. The van der Waals surface area contributed by atoms with E-state index in [-0.39, 0.29) is 19.5 Å². The summed E-state index contributed by atoms with van der Waals surface area (Å²) < 4.78 is 28.6. The van der Waals surface area contributed by atoms with Crippen LogP contribution in [0.3, 0.4) is 0 Å².